The van der Waals surface area contributed by atoms with Gasteiger partial charge in [0, 0.05) is 43.2 Å². The van der Waals surface area contributed by atoms with E-state index in [9.17, 15) is 20.6 Å². The minimum Gasteiger partial charge on any atom is -0.459 e. The van der Waals surface area contributed by atoms with Crippen LogP contribution in [0.2, 0.25) is 0 Å². The molecular formula is C53H63N3O9. The van der Waals surface area contributed by atoms with Crippen molar-refractivity contribution in [1.29, 1.82) is 5.26 Å². The van der Waals surface area contributed by atoms with Crippen molar-refractivity contribution in [3.63, 3.8) is 0 Å². The van der Waals surface area contributed by atoms with Crippen LogP contribution >= 0.6 is 0 Å². The van der Waals surface area contributed by atoms with Gasteiger partial charge in [0.25, 0.3) is 5.91 Å². The number of hydrogen-bond acceptors (Lipinski definition) is 11. The molecule has 1 saturated carbocycles. The van der Waals surface area contributed by atoms with Gasteiger partial charge in [-0.25, -0.2) is 0 Å². The lowest BCUT2D eigenvalue weighted by Gasteiger charge is -2.60. The molecule has 7 rings (SSSR count). The SMILES string of the molecule is C=CCOC12Oc3ccc(Oc4ccc5ccccc5c4)cc3C3C(CCCCO)C(CCCCO)C=C(C(=NOC(C)(C)C)CC1N(CCOCCO)C(=O)c1ccc(C#N)cc1)C32. The van der Waals surface area contributed by atoms with E-state index in [0.29, 0.717) is 46.9 Å². The van der Waals surface area contributed by atoms with Crippen molar-refractivity contribution in [3.8, 4) is 23.3 Å². The third kappa shape index (κ3) is 10.8. The Balaban J connectivity index is 1.45. The molecular weight excluding hydrogens is 823 g/mol. The number of fused-ring (bicyclic) bond motifs is 3. The van der Waals surface area contributed by atoms with Crippen molar-refractivity contribution in [2.75, 3.05) is 46.2 Å². The third-order valence-electron chi connectivity index (χ3n) is 12.6. The number of hydrogen-bond donors (Lipinski definition) is 3. The van der Waals surface area contributed by atoms with E-state index in [0.717, 1.165) is 47.6 Å². The highest BCUT2D eigenvalue weighted by atomic mass is 16.7. The largest absolute Gasteiger partial charge is 0.459 e. The van der Waals surface area contributed by atoms with Crippen molar-refractivity contribution >= 4 is 22.4 Å². The molecule has 4 aromatic rings. The van der Waals surface area contributed by atoms with Gasteiger partial charge in [-0.2, -0.15) is 5.26 Å². The molecule has 1 fully saturated rings. The number of rotatable bonds is 21. The quantitative estimate of drug-likeness (QED) is 0.0418. The molecule has 6 atom stereocenters. The Morgan fingerprint density at radius 1 is 0.923 bits per heavy atom. The van der Waals surface area contributed by atoms with Crippen LogP contribution in [0, 0.1) is 29.1 Å². The van der Waals surface area contributed by atoms with Gasteiger partial charge in [0.1, 0.15) is 28.9 Å². The molecule has 0 saturated heterocycles. The van der Waals surface area contributed by atoms with Crippen molar-refractivity contribution in [2.24, 2.45) is 22.9 Å². The summed E-state index contributed by atoms with van der Waals surface area (Å²) < 4.78 is 27.0. The number of amides is 1. The monoisotopic (exact) mass is 885 g/mol. The second kappa shape index (κ2) is 21.6. The highest BCUT2D eigenvalue weighted by Gasteiger charge is 2.65. The zero-order valence-electron chi connectivity index (χ0n) is 37.9. The lowest BCUT2D eigenvalue weighted by atomic mass is 9.55. The Morgan fingerprint density at radius 2 is 1.65 bits per heavy atom. The summed E-state index contributed by atoms with van der Waals surface area (Å²) >= 11 is 0. The average molecular weight is 886 g/mol. The third-order valence-corrected chi connectivity index (χ3v) is 12.6. The molecule has 12 heteroatoms. The van der Waals surface area contributed by atoms with Crippen LogP contribution in [-0.4, -0.2) is 95.5 Å². The van der Waals surface area contributed by atoms with Crippen molar-refractivity contribution < 1.29 is 43.9 Å². The smallest absolute Gasteiger partial charge is 0.254 e. The van der Waals surface area contributed by atoms with Crippen molar-refractivity contribution in [2.45, 2.75) is 89.1 Å². The zero-order chi connectivity index (χ0) is 46.0. The average Bonchev–Trinajstić information content (AvgIpc) is 3.31. The first-order valence-corrected chi connectivity index (χ1v) is 23.0. The molecule has 65 heavy (non-hydrogen) atoms. The van der Waals surface area contributed by atoms with E-state index in [4.69, 9.17) is 28.9 Å². The Labute approximate surface area is 382 Å². The molecule has 3 aliphatic rings. The number of aliphatic hydroxyl groups is 3. The van der Waals surface area contributed by atoms with E-state index in [-0.39, 0.29) is 76.3 Å². The normalized spacial score (nSPS) is 22.8. The second-order valence-corrected chi connectivity index (χ2v) is 18.1. The van der Waals surface area contributed by atoms with Gasteiger partial charge in [0.05, 0.1) is 49.7 Å². The van der Waals surface area contributed by atoms with E-state index in [1.165, 1.54) is 0 Å². The van der Waals surface area contributed by atoms with Gasteiger partial charge in [-0.15, -0.1) is 6.58 Å². The summed E-state index contributed by atoms with van der Waals surface area (Å²) in [5, 5.41) is 46.3. The molecule has 4 aromatic carbocycles. The van der Waals surface area contributed by atoms with Gasteiger partial charge in [0.15, 0.2) is 0 Å². The first-order chi connectivity index (χ1) is 31.5. The number of allylic oxidation sites excluding steroid dienone is 1. The van der Waals surface area contributed by atoms with Crippen LogP contribution in [0.1, 0.15) is 93.1 Å². The number of ether oxygens (including phenoxy) is 4. The molecule has 2 aliphatic carbocycles. The van der Waals surface area contributed by atoms with E-state index < -0.39 is 23.3 Å². The molecule has 344 valence electrons. The number of oxime groups is 1. The molecule has 0 bridgehead atoms. The predicted octanol–water partition coefficient (Wildman–Crippen LogP) is 9.09. The fraction of sp³-hybridized carbons (Fsp3) is 0.453. The number of nitriles is 1. The Bertz CT molecular complexity index is 2370. The lowest BCUT2D eigenvalue weighted by molar-refractivity contribution is -0.254. The highest BCUT2D eigenvalue weighted by molar-refractivity contribution is 6.03. The maximum absolute atomic E-state index is 15.1. The van der Waals surface area contributed by atoms with Crippen LogP contribution in [0.15, 0.2) is 114 Å². The number of unbranched alkanes of at least 4 members (excludes halogenated alkanes) is 2. The standard InChI is InChI=1S/C53H63N3O9/c1-5-28-62-53-48(56(24-29-61-30-27-59)51(60)38-18-16-36(35-54)17-19-38)34-46(55-65-52(2,3)4)44-32-40(14-8-10-25-57)43(15-9-11-26-58)49(50(44)53)45-33-42(22-23-47(45)64-53)63-41-21-20-37-12-6-7-13-39(37)31-41/h5-7,12-13,16-23,31-33,40,43,48-50,57-59H,1,8-11,14-15,24-30,34H2,2-4H3. The fourth-order valence-electron chi connectivity index (χ4n) is 9.85. The van der Waals surface area contributed by atoms with Crippen LogP contribution in [-0.2, 0) is 14.3 Å². The zero-order valence-corrected chi connectivity index (χ0v) is 37.9. The van der Waals surface area contributed by atoms with Crippen LogP contribution in [0.3, 0.4) is 0 Å². The summed E-state index contributed by atoms with van der Waals surface area (Å²) in [6, 6.07) is 28.0. The van der Waals surface area contributed by atoms with Gasteiger partial charge in [-0.1, -0.05) is 60.5 Å². The van der Waals surface area contributed by atoms with Gasteiger partial charge >= 0.3 is 0 Å². The second-order valence-electron chi connectivity index (χ2n) is 18.1. The maximum Gasteiger partial charge on any atom is 0.254 e. The van der Waals surface area contributed by atoms with Gasteiger partial charge in [-0.05, 0) is 129 Å². The number of benzene rings is 4. The van der Waals surface area contributed by atoms with Crippen LogP contribution in [0.25, 0.3) is 10.8 Å². The Kier molecular flexibility index (Phi) is 15.8. The molecule has 0 spiro atoms. The topological polar surface area (TPSA) is 163 Å². The summed E-state index contributed by atoms with van der Waals surface area (Å²) in [5.74, 6) is -0.619. The lowest BCUT2D eigenvalue weighted by Crippen LogP contribution is -2.70. The molecule has 6 unspecified atom stereocenters. The van der Waals surface area contributed by atoms with E-state index in [2.05, 4.69) is 36.9 Å². The fourth-order valence-corrected chi connectivity index (χ4v) is 9.85. The van der Waals surface area contributed by atoms with E-state index in [1.807, 2.05) is 63.2 Å². The number of carbonyl (C=O) groups is 1. The van der Waals surface area contributed by atoms with Crippen molar-refractivity contribution in [3.05, 3.63) is 126 Å². The molecule has 3 N–H and O–H groups in total. The summed E-state index contributed by atoms with van der Waals surface area (Å²) in [6.45, 7) is 10.3. The van der Waals surface area contributed by atoms with Crippen LogP contribution in [0.4, 0.5) is 0 Å². The summed E-state index contributed by atoms with van der Waals surface area (Å²) in [4.78, 5) is 23.1. The molecule has 12 nitrogen and oxygen atoms in total. The molecule has 1 aliphatic heterocycles. The first kappa shape index (κ1) is 47.4. The molecule has 1 amide bonds. The van der Waals surface area contributed by atoms with Crippen LogP contribution in [0.5, 0.6) is 17.2 Å². The Morgan fingerprint density at radius 3 is 2.35 bits per heavy atom. The number of aliphatic hydroxyl groups excluding tert-OH is 3. The number of carbonyl (C=O) groups excluding carboxylic acids is 1. The number of nitrogens with zero attached hydrogens (tertiary/aromatic N) is 3. The molecule has 1 heterocycles. The predicted molar refractivity (Wildman–Crippen MR) is 250 cm³/mol. The van der Waals surface area contributed by atoms with Gasteiger partial charge in [0.2, 0.25) is 5.79 Å². The van der Waals surface area contributed by atoms with E-state index >= 15 is 4.79 Å². The van der Waals surface area contributed by atoms with Gasteiger partial charge in [-0.3, -0.25) is 4.79 Å². The maximum atomic E-state index is 15.1. The van der Waals surface area contributed by atoms with E-state index in [1.54, 1.807) is 35.2 Å². The van der Waals surface area contributed by atoms with Crippen LogP contribution < -0.4 is 9.47 Å². The van der Waals surface area contributed by atoms with Gasteiger partial charge < -0.3 is 44.0 Å². The first-order valence-electron chi connectivity index (χ1n) is 23.0. The van der Waals surface area contributed by atoms with Crippen molar-refractivity contribution in [1.82, 2.24) is 4.90 Å². The molecule has 0 aromatic heterocycles. The molecule has 0 radical (unpaired) electrons. The summed E-state index contributed by atoms with van der Waals surface area (Å²) in [7, 11) is 0. The summed E-state index contributed by atoms with van der Waals surface area (Å²) in [5.41, 5.74) is 2.68. The summed E-state index contributed by atoms with van der Waals surface area (Å²) in [6.07, 6.45) is 8.66. The minimum atomic E-state index is -1.50. The minimum absolute atomic E-state index is 0.0124. The Hall–Kier alpha value is -5.55. The highest BCUT2D eigenvalue weighted by Crippen LogP contribution is 2.62.